The second-order valence-electron chi connectivity index (χ2n) is 4.23. The second-order valence-corrected chi connectivity index (χ2v) is 4.23. The van der Waals surface area contributed by atoms with Gasteiger partial charge in [0.2, 0.25) is 0 Å². The molecule has 0 amide bonds. The van der Waals surface area contributed by atoms with Crippen molar-refractivity contribution in [3.05, 3.63) is 30.1 Å². The molecule has 1 aromatic rings. The van der Waals surface area contributed by atoms with E-state index in [4.69, 9.17) is 0 Å². The Kier molecular flexibility index (Phi) is 3.71. The molecule has 5 nitrogen and oxygen atoms in total. The molecular weight excluding hydrogens is 218 g/mol. The summed E-state index contributed by atoms with van der Waals surface area (Å²) in [6.45, 7) is 4.05. The molecule has 0 spiro atoms. The van der Waals surface area contributed by atoms with E-state index in [9.17, 15) is 9.90 Å². The lowest BCUT2D eigenvalue weighted by atomic mass is 10.1. The van der Waals surface area contributed by atoms with E-state index in [1.54, 1.807) is 6.20 Å². The molecule has 5 heteroatoms. The van der Waals surface area contributed by atoms with E-state index < -0.39 is 12.0 Å². The van der Waals surface area contributed by atoms with Gasteiger partial charge in [-0.25, -0.2) is 0 Å². The minimum Gasteiger partial charge on any atom is -0.480 e. The lowest BCUT2D eigenvalue weighted by Gasteiger charge is -2.37. The summed E-state index contributed by atoms with van der Waals surface area (Å²) < 4.78 is 0. The molecule has 1 aromatic heterocycles. The Hall–Kier alpha value is -1.46. The number of rotatable bonds is 3. The molecule has 0 saturated carbocycles. The fourth-order valence-electron chi connectivity index (χ4n) is 2.21. The van der Waals surface area contributed by atoms with Gasteiger partial charge in [0.05, 0.1) is 11.7 Å². The Labute approximate surface area is 100 Å². The molecule has 2 atom stereocenters. The summed E-state index contributed by atoms with van der Waals surface area (Å²) >= 11 is 0. The maximum Gasteiger partial charge on any atom is 0.322 e. The summed E-state index contributed by atoms with van der Waals surface area (Å²) in [5.41, 5.74) is 0.917. The number of hydrogen-bond acceptors (Lipinski definition) is 4. The van der Waals surface area contributed by atoms with Crippen LogP contribution in [0.4, 0.5) is 0 Å². The Balaban J connectivity index is 2.16. The third-order valence-corrected chi connectivity index (χ3v) is 3.18. The zero-order valence-electron chi connectivity index (χ0n) is 9.84. The summed E-state index contributed by atoms with van der Waals surface area (Å²) in [6.07, 6.45) is 1.74. The number of piperazine rings is 1. The first kappa shape index (κ1) is 12.0. The number of nitrogens with one attached hydrogen (secondary N) is 1. The van der Waals surface area contributed by atoms with Crippen LogP contribution in [-0.4, -0.2) is 46.6 Å². The summed E-state index contributed by atoms with van der Waals surface area (Å²) in [5.74, 6) is -0.778. The molecule has 2 heterocycles. The maximum absolute atomic E-state index is 11.2. The first-order valence-electron chi connectivity index (χ1n) is 5.80. The van der Waals surface area contributed by atoms with Crippen molar-refractivity contribution >= 4 is 5.97 Å². The van der Waals surface area contributed by atoms with Gasteiger partial charge in [0.1, 0.15) is 6.04 Å². The lowest BCUT2D eigenvalue weighted by molar-refractivity contribution is -0.145. The number of hydrogen-bond donors (Lipinski definition) is 2. The molecule has 1 aliphatic heterocycles. The zero-order chi connectivity index (χ0) is 12.3. The monoisotopic (exact) mass is 235 g/mol. The van der Waals surface area contributed by atoms with Gasteiger partial charge in [-0.15, -0.1) is 0 Å². The van der Waals surface area contributed by atoms with Gasteiger partial charge in [-0.3, -0.25) is 14.7 Å². The molecule has 1 aliphatic rings. The van der Waals surface area contributed by atoms with Gasteiger partial charge in [0.25, 0.3) is 0 Å². The second kappa shape index (κ2) is 5.25. The molecule has 0 aromatic carbocycles. The van der Waals surface area contributed by atoms with Crippen molar-refractivity contribution in [2.75, 3.05) is 19.6 Å². The fraction of sp³-hybridized carbons (Fsp3) is 0.500. The van der Waals surface area contributed by atoms with E-state index >= 15 is 0 Å². The third kappa shape index (κ3) is 2.62. The number of carboxylic acids is 1. The van der Waals surface area contributed by atoms with Gasteiger partial charge in [-0.1, -0.05) is 6.07 Å². The summed E-state index contributed by atoms with van der Waals surface area (Å²) in [5, 5.41) is 12.3. The molecule has 92 valence electrons. The van der Waals surface area contributed by atoms with Crippen LogP contribution >= 0.6 is 0 Å². The Morgan fingerprint density at radius 3 is 3.12 bits per heavy atom. The summed E-state index contributed by atoms with van der Waals surface area (Å²) in [6, 6.07) is 5.28. The number of aromatic nitrogens is 1. The van der Waals surface area contributed by atoms with E-state index in [2.05, 4.69) is 10.3 Å². The lowest BCUT2D eigenvalue weighted by Crippen LogP contribution is -2.55. The molecule has 0 bridgehead atoms. The Bertz CT molecular complexity index is 383. The van der Waals surface area contributed by atoms with Crippen LogP contribution in [0.5, 0.6) is 0 Å². The van der Waals surface area contributed by atoms with Gasteiger partial charge < -0.3 is 10.4 Å². The van der Waals surface area contributed by atoms with Crippen molar-refractivity contribution in [3.8, 4) is 0 Å². The molecule has 17 heavy (non-hydrogen) atoms. The molecule has 1 fully saturated rings. The number of pyridine rings is 1. The molecule has 0 unspecified atom stereocenters. The predicted octanol–water partition coefficient (Wildman–Crippen LogP) is 0.501. The Morgan fingerprint density at radius 2 is 2.47 bits per heavy atom. The largest absolute Gasteiger partial charge is 0.480 e. The van der Waals surface area contributed by atoms with Gasteiger partial charge >= 0.3 is 5.97 Å². The smallest absolute Gasteiger partial charge is 0.322 e. The minimum absolute atomic E-state index is 0.0272. The van der Waals surface area contributed by atoms with Crippen LogP contribution in [0.2, 0.25) is 0 Å². The van der Waals surface area contributed by atoms with Crippen LogP contribution in [0.1, 0.15) is 18.7 Å². The maximum atomic E-state index is 11.2. The highest BCUT2D eigenvalue weighted by atomic mass is 16.4. The first-order chi connectivity index (χ1) is 8.20. The van der Waals surface area contributed by atoms with Crippen LogP contribution in [0.25, 0.3) is 0 Å². The highest BCUT2D eigenvalue weighted by molar-refractivity contribution is 5.74. The number of nitrogens with zero attached hydrogens (tertiary/aromatic N) is 2. The number of aliphatic carboxylic acids is 1. The highest BCUT2D eigenvalue weighted by Gasteiger charge is 2.32. The van der Waals surface area contributed by atoms with Crippen molar-refractivity contribution in [1.82, 2.24) is 15.2 Å². The van der Waals surface area contributed by atoms with Gasteiger partial charge in [-0.2, -0.15) is 0 Å². The van der Waals surface area contributed by atoms with E-state index in [1.165, 1.54) is 0 Å². The first-order valence-corrected chi connectivity index (χ1v) is 5.80. The summed E-state index contributed by atoms with van der Waals surface area (Å²) in [4.78, 5) is 17.5. The predicted molar refractivity (Wildman–Crippen MR) is 63.7 cm³/mol. The van der Waals surface area contributed by atoms with E-state index in [0.717, 1.165) is 18.8 Å². The molecule has 2 N–H and O–H groups in total. The molecular formula is C12H17N3O2. The van der Waals surface area contributed by atoms with Crippen molar-refractivity contribution in [1.29, 1.82) is 0 Å². The molecule has 0 radical (unpaired) electrons. The van der Waals surface area contributed by atoms with Crippen molar-refractivity contribution in [3.63, 3.8) is 0 Å². The van der Waals surface area contributed by atoms with Crippen molar-refractivity contribution in [2.45, 2.75) is 19.0 Å². The number of carboxylic acid groups (broad SMARTS) is 1. The normalized spacial score (nSPS) is 23.2. The van der Waals surface area contributed by atoms with Gasteiger partial charge in [0.15, 0.2) is 0 Å². The topological polar surface area (TPSA) is 65.5 Å². The van der Waals surface area contributed by atoms with Crippen LogP contribution in [0.3, 0.4) is 0 Å². The average molecular weight is 235 g/mol. The number of carbonyl (C=O) groups is 1. The van der Waals surface area contributed by atoms with E-state index in [-0.39, 0.29) is 6.04 Å². The molecule has 1 saturated heterocycles. The molecule has 2 rings (SSSR count). The van der Waals surface area contributed by atoms with E-state index in [1.807, 2.05) is 30.0 Å². The Morgan fingerprint density at radius 1 is 1.65 bits per heavy atom. The zero-order valence-corrected chi connectivity index (χ0v) is 9.84. The fourth-order valence-corrected chi connectivity index (χ4v) is 2.21. The highest BCUT2D eigenvalue weighted by Crippen LogP contribution is 2.21. The SMILES string of the molecule is C[C@@H](c1ccccn1)N1CCNC[C@@H]1C(=O)O. The minimum atomic E-state index is -0.778. The van der Waals surface area contributed by atoms with Crippen LogP contribution in [-0.2, 0) is 4.79 Å². The summed E-state index contributed by atoms with van der Waals surface area (Å²) in [7, 11) is 0. The van der Waals surface area contributed by atoms with Crippen LogP contribution < -0.4 is 5.32 Å². The quantitative estimate of drug-likeness (QED) is 0.798. The van der Waals surface area contributed by atoms with Crippen LogP contribution in [0, 0.1) is 0 Å². The van der Waals surface area contributed by atoms with Crippen LogP contribution in [0.15, 0.2) is 24.4 Å². The standard InChI is InChI=1S/C12H17N3O2/c1-9(10-4-2-3-5-14-10)15-7-6-13-8-11(15)12(16)17/h2-5,9,11,13H,6-8H2,1H3,(H,16,17)/t9-,11+/m0/s1. The third-order valence-electron chi connectivity index (χ3n) is 3.18. The molecule has 0 aliphatic carbocycles. The van der Waals surface area contributed by atoms with E-state index in [0.29, 0.717) is 6.54 Å². The van der Waals surface area contributed by atoms with Crippen molar-refractivity contribution < 1.29 is 9.90 Å². The van der Waals surface area contributed by atoms with Gasteiger partial charge in [-0.05, 0) is 19.1 Å². The van der Waals surface area contributed by atoms with Gasteiger partial charge in [0, 0.05) is 25.8 Å². The average Bonchev–Trinajstić information content (AvgIpc) is 2.39. The van der Waals surface area contributed by atoms with Crippen molar-refractivity contribution in [2.24, 2.45) is 0 Å².